The summed E-state index contributed by atoms with van der Waals surface area (Å²) in [4.78, 5) is 1.39. The molecule has 0 aromatic carbocycles. The van der Waals surface area contributed by atoms with E-state index in [0.717, 1.165) is 0 Å². The van der Waals surface area contributed by atoms with Crippen molar-refractivity contribution >= 4 is 27.3 Å². The first-order valence-electron chi connectivity index (χ1n) is 5.32. The number of halogens is 1. The fraction of sp³-hybridized carbons (Fsp3) is 0.667. The Hall–Kier alpha value is 0.140. The topological polar surface area (TPSA) is 12.0 Å². The quantitative estimate of drug-likeness (QED) is 0.858. The molecule has 86 valence electrons. The van der Waals surface area contributed by atoms with E-state index in [9.17, 15) is 0 Å². The normalized spacial score (nSPS) is 16.4. The second kappa shape index (κ2) is 4.98. The summed E-state index contributed by atoms with van der Waals surface area (Å²) in [6.45, 7) is 11.3. The summed E-state index contributed by atoms with van der Waals surface area (Å²) in [5, 5.41) is 3.64. The molecule has 0 aliphatic rings. The standard InChI is InChI=1S/C12H20BrNS/c1-8(10-6-7-11(13)15-10)14-9(2)12(3,4)5/h6-9,14H,1-5H3. The summed E-state index contributed by atoms with van der Waals surface area (Å²) in [7, 11) is 0. The van der Waals surface area contributed by atoms with Gasteiger partial charge in [0, 0.05) is 17.0 Å². The van der Waals surface area contributed by atoms with E-state index in [1.54, 1.807) is 11.3 Å². The van der Waals surface area contributed by atoms with Crippen LogP contribution in [0.4, 0.5) is 0 Å². The molecule has 1 rings (SSSR count). The SMILES string of the molecule is CC(NC(C)C(C)(C)C)c1ccc(Br)s1. The summed E-state index contributed by atoms with van der Waals surface area (Å²) in [5.74, 6) is 0. The van der Waals surface area contributed by atoms with Gasteiger partial charge in [0.1, 0.15) is 0 Å². The molecule has 15 heavy (non-hydrogen) atoms. The van der Waals surface area contributed by atoms with Crippen molar-refractivity contribution in [2.45, 2.75) is 46.7 Å². The van der Waals surface area contributed by atoms with Crippen molar-refractivity contribution in [3.05, 3.63) is 20.8 Å². The predicted molar refractivity (Wildman–Crippen MR) is 72.5 cm³/mol. The van der Waals surface area contributed by atoms with Crippen molar-refractivity contribution in [2.24, 2.45) is 5.41 Å². The number of hydrogen-bond donors (Lipinski definition) is 1. The van der Waals surface area contributed by atoms with E-state index in [1.807, 2.05) is 0 Å². The van der Waals surface area contributed by atoms with Crippen LogP contribution in [0.3, 0.4) is 0 Å². The highest BCUT2D eigenvalue weighted by atomic mass is 79.9. The molecule has 2 unspecified atom stereocenters. The van der Waals surface area contributed by atoms with Crippen LogP contribution in [0.2, 0.25) is 0 Å². The molecule has 1 aromatic rings. The fourth-order valence-electron chi connectivity index (χ4n) is 1.27. The highest BCUT2D eigenvalue weighted by Crippen LogP contribution is 2.29. The Morgan fingerprint density at radius 3 is 2.27 bits per heavy atom. The van der Waals surface area contributed by atoms with Gasteiger partial charge in [-0.1, -0.05) is 20.8 Å². The number of thiophene rings is 1. The summed E-state index contributed by atoms with van der Waals surface area (Å²) in [5.41, 5.74) is 0.308. The summed E-state index contributed by atoms with van der Waals surface area (Å²) >= 11 is 5.30. The van der Waals surface area contributed by atoms with Crippen molar-refractivity contribution in [2.75, 3.05) is 0 Å². The molecule has 1 N–H and O–H groups in total. The van der Waals surface area contributed by atoms with E-state index in [4.69, 9.17) is 0 Å². The lowest BCUT2D eigenvalue weighted by Gasteiger charge is -2.30. The monoisotopic (exact) mass is 289 g/mol. The van der Waals surface area contributed by atoms with E-state index in [1.165, 1.54) is 8.66 Å². The fourth-order valence-corrected chi connectivity index (χ4v) is 2.70. The highest BCUT2D eigenvalue weighted by Gasteiger charge is 2.22. The summed E-state index contributed by atoms with van der Waals surface area (Å²) in [6.07, 6.45) is 0. The van der Waals surface area contributed by atoms with E-state index in [-0.39, 0.29) is 0 Å². The Labute approximate surface area is 105 Å². The Balaban J connectivity index is 2.60. The molecule has 0 bridgehead atoms. The maximum Gasteiger partial charge on any atom is 0.0701 e. The smallest absolute Gasteiger partial charge is 0.0701 e. The van der Waals surface area contributed by atoms with Gasteiger partial charge in [-0.15, -0.1) is 11.3 Å². The molecule has 0 saturated heterocycles. The minimum absolute atomic E-state index is 0.308. The lowest BCUT2D eigenvalue weighted by Crippen LogP contribution is -2.38. The van der Waals surface area contributed by atoms with Crippen molar-refractivity contribution < 1.29 is 0 Å². The van der Waals surface area contributed by atoms with Crippen molar-refractivity contribution in [1.29, 1.82) is 0 Å². The zero-order chi connectivity index (χ0) is 11.6. The minimum Gasteiger partial charge on any atom is -0.306 e. The van der Waals surface area contributed by atoms with E-state index in [0.29, 0.717) is 17.5 Å². The lowest BCUT2D eigenvalue weighted by atomic mass is 9.87. The largest absolute Gasteiger partial charge is 0.306 e. The van der Waals surface area contributed by atoms with Crippen LogP contribution in [0, 0.1) is 5.41 Å². The van der Waals surface area contributed by atoms with E-state index < -0.39 is 0 Å². The molecule has 0 fully saturated rings. The van der Waals surface area contributed by atoms with Gasteiger partial charge in [-0.05, 0) is 47.3 Å². The third kappa shape index (κ3) is 3.89. The van der Waals surface area contributed by atoms with Gasteiger partial charge in [0.15, 0.2) is 0 Å². The van der Waals surface area contributed by atoms with Gasteiger partial charge in [0.2, 0.25) is 0 Å². The first kappa shape index (κ1) is 13.2. The van der Waals surface area contributed by atoms with Gasteiger partial charge in [0.05, 0.1) is 3.79 Å². The average molecular weight is 290 g/mol. The molecule has 3 heteroatoms. The summed E-state index contributed by atoms with van der Waals surface area (Å²) < 4.78 is 1.20. The zero-order valence-corrected chi connectivity index (χ0v) is 12.5. The third-order valence-corrected chi connectivity index (χ3v) is 4.63. The molecular weight excluding hydrogens is 270 g/mol. The second-order valence-electron chi connectivity index (χ2n) is 5.12. The molecule has 0 spiro atoms. The average Bonchev–Trinajstić information content (AvgIpc) is 2.50. The van der Waals surface area contributed by atoms with E-state index in [2.05, 4.69) is 68.0 Å². The van der Waals surface area contributed by atoms with Crippen LogP contribution in [0.1, 0.15) is 45.5 Å². The highest BCUT2D eigenvalue weighted by molar-refractivity contribution is 9.11. The van der Waals surface area contributed by atoms with Gasteiger partial charge in [0.25, 0.3) is 0 Å². The minimum atomic E-state index is 0.308. The number of rotatable bonds is 3. The van der Waals surface area contributed by atoms with Crippen LogP contribution in [-0.4, -0.2) is 6.04 Å². The van der Waals surface area contributed by atoms with Crippen molar-refractivity contribution in [3.63, 3.8) is 0 Å². The van der Waals surface area contributed by atoms with Crippen LogP contribution in [0.15, 0.2) is 15.9 Å². The molecule has 2 atom stereocenters. The number of nitrogens with one attached hydrogen (secondary N) is 1. The lowest BCUT2D eigenvalue weighted by molar-refractivity contribution is 0.269. The van der Waals surface area contributed by atoms with Crippen LogP contribution < -0.4 is 5.32 Å². The molecule has 0 amide bonds. The molecule has 0 aliphatic carbocycles. The Morgan fingerprint density at radius 1 is 1.27 bits per heavy atom. The van der Waals surface area contributed by atoms with Crippen LogP contribution >= 0.6 is 27.3 Å². The molecule has 0 radical (unpaired) electrons. The Kier molecular flexibility index (Phi) is 4.38. The molecule has 1 nitrogen and oxygen atoms in total. The molecule has 1 heterocycles. The van der Waals surface area contributed by atoms with Gasteiger partial charge >= 0.3 is 0 Å². The van der Waals surface area contributed by atoms with Crippen LogP contribution in [-0.2, 0) is 0 Å². The van der Waals surface area contributed by atoms with Gasteiger partial charge < -0.3 is 5.32 Å². The van der Waals surface area contributed by atoms with E-state index >= 15 is 0 Å². The maximum atomic E-state index is 3.64. The third-order valence-electron chi connectivity index (χ3n) is 2.82. The molecular formula is C12H20BrNS. The molecule has 1 aromatic heterocycles. The van der Waals surface area contributed by atoms with Gasteiger partial charge in [-0.25, -0.2) is 0 Å². The van der Waals surface area contributed by atoms with Gasteiger partial charge in [-0.3, -0.25) is 0 Å². The number of hydrogen-bond acceptors (Lipinski definition) is 2. The first-order valence-corrected chi connectivity index (χ1v) is 6.93. The van der Waals surface area contributed by atoms with Crippen LogP contribution in [0.5, 0.6) is 0 Å². The predicted octanol–water partition coefficient (Wildman–Crippen LogP) is 4.60. The Morgan fingerprint density at radius 2 is 1.87 bits per heavy atom. The van der Waals surface area contributed by atoms with Crippen molar-refractivity contribution in [3.8, 4) is 0 Å². The molecule has 0 aliphatic heterocycles. The maximum absolute atomic E-state index is 3.64. The van der Waals surface area contributed by atoms with Crippen molar-refractivity contribution in [1.82, 2.24) is 5.32 Å². The Bertz CT molecular complexity index is 314. The van der Waals surface area contributed by atoms with Gasteiger partial charge in [-0.2, -0.15) is 0 Å². The summed E-state index contributed by atoms with van der Waals surface area (Å²) in [6, 6.07) is 5.23. The van der Waals surface area contributed by atoms with Crippen LogP contribution in [0.25, 0.3) is 0 Å². The first-order chi connectivity index (χ1) is 6.80. The zero-order valence-electron chi connectivity index (χ0n) is 10.1. The second-order valence-corrected chi connectivity index (χ2v) is 7.61. The molecule has 0 saturated carbocycles.